The van der Waals surface area contributed by atoms with Gasteiger partial charge >= 0.3 is 0 Å². The van der Waals surface area contributed by atoms with Crippen LogP contribution in [0.15, 0.2) is 18.2 Å². The normalized spacial score (nSPS) is 29.0. The first kappa shape index (κ1) is 30.1. The highest BCUT2D eigenvalue weighted by atomic mass is 16.7. The highest BCUT2D eigenvalue weighted by Gasteiger charge is 2.51. The van der Waals surface area contributed by atoms with Crippen LogP contribution in [0.1, 0.15) is 68.8 Å². The number of nitrogens with zero attached hydrogens (tertiary/aromatic N) is 1. The second kappa shape index (κ2) is 10.4. The Hall–Kier alpha value is -3.39. The lowest BCUT2D eigenvalue weighted by Crippen LogP contribution is -2.60. The fourth-order valence-corrected chi connectivity index (χ4v) is 6.46. The molecule has 0 radical (unpaired) electrons. The third kappa shape index (κ3) is 4.59. The summed E-state index contributed by atoms with van der Waals surface area (Å²) < 4.78 is 17.9. The number of benzene rings is 2. The van der Waals surface area contributed by atoms with E-state index in [0.717, 1.165) is 0 Å². The van der Waals surface area contributed by atoms with Crippen LogP contribution in [0.25, 0.3) is 0 Å². The molecule has 12 heteroatoms. The van der Waals surface area contributed by atoms with Crippen molar-refractivity contribution >= 4 is 17.3 Å². The molecular weight excluding hydrogens is 550 g/mol. The Bertz CT molecular complexity index is 1480. The van der Waals surface area contributed by atoms with Gasteiger partial charge in [-0.05, 0) is 13.0 Å². The van der Waals surface area contributed by atoms with E-state index in [9.17, 15) is 39.9 Å². The maximum Gasteiger partial charge on any atom is 0.202 e. The molecule has 1 heterocycles. The van der Waals surface area contributed by atoms with Crippen molar-refractivity contribution in [3.8, 4) is 17.2 Å². The molecule has 5 N–H and O–H groups in total. The molecule has 42 heavy (non-hydrogen) atoms. The van der Waals surface area contributed by atoms with Crippen molar-refractivity contribution in [1.82, 2.24) is 0 Å². The predicted molar refractivity (Wildman–Crippen MR) is 146 cm³/mol. The number of carbonyl (C=O) groups excluding carboxylic acids is 3. The molecule has 6 atom stereocenters. The Kier molecular flexibility index (Phi) is 7.45. The van der Waals surface area contributed by atoms with Crippen LogP contribution in [0.4, 0.5) is 0 Å². The zero-order chi connectivity index (χ0) is 30.9. The van der Waals surface area contributed by atoms with Gasteiger partial charge in [0.25, 0.3) is 0 Å². The monoisotopic (exact) mass is 586 g/mol. The van der Waals surface area contributed by atoms with Crippen molar-refractivity contribution in [3.63, 3.8) is 0 Å². The fourth-order valence-electron chi connectivity index (χ4n) is 6.46. The van der Waals surface area contributed by atoms with Gasteiger partial charge in [0, 0.05) is 29.5 Å². The van der Waals surface area contributed by atoms with Crippen molar-refractivity contribution in [2.24, 2.45) is 0 Å². The summed E-state index contributed by atoms with van der Waals surface area (Å²) in [4.78, 5) is 40.1. The Labute approximate surface area is 242 Å². The quantitative estimate of drug-likeness (QED) is 0.203. The molecule has 0 spiro atoms. The molecule has 1 saturated heterocycles. The molecule has 6 unspecified atom stereocenters. The van der Waals surface area contributed by atoms with Crippen LogP contribution in [0, 0.1) is 0 Å². The summed E-state index contributed by atoms with van der Waals surface area (Å²) in [6.07, 6.45) is -4.56. The lowest BCUT2D eigenvalue weighted by Gasteiger charge is -2.46. The Morgan fingerprint density at radius 3 is 2.38 bits per heavy atom. The molecule has 0 saturated carbocycles. The van der Waals surface area contributed by atoms with Gasteiger partial charge in [0.05, 0.1) is 63.6 Å². The lowest BCUT2D eigenvalue weighted by molar-refractivity contribution is -0.903. The number of phenolic OH excluding ortho intramolecular Hbond substituents is 2. The molecule has 2 aromatic carbocycles. The summed E-state index contributed by atoms with van der Waals surface area (Å²) in [5, 5.41) is 54.9. The minimum absolute atomic E-state index is 0.0405. The Balaban J connectivity index is 1.67. The molecule has 5 rings (SSSR count). The van der Waals surface area contributed by atoms with Crippen LogP contribution in [0.5, 0.6) is 17.2 Å². The number of ether oxygens (including phenoxy) is 3. The van der Waals surface area contributed by atoms with Crippen molar-refractivity contribution in [3.05, 3.63) is 51.6 Å². The van der Waals surface area contributed by atoms with Gasteiger partial charge in [-0.1, -0.05) is 12.1 Å². The van der Waals surface area contributed by atoms with Gasteiger partial charge in [-0.15, -0.1) is 0 Å². The number of Topliss-reactive ketones (excluding diaryl/α,β-unsaturated/α-hetero) is 1. The zero-order valence-corrected chi connectivity index (χ0v) is 24.1. The third-order valence-electron chi connectivity index (χ3n) is 8.73. The molecule has 1 aliphatic heterocycles. The summed E-state index contributed by atoms with van der Waals surface area (Å²) in [6, 6.07) is 4.08. The number of ketones is 3. The maximum absolute atomic E-state index is 13.8. The third-order valence-corrected chi connectivity index (χ3v) is 8.73. The number of likely N-dealkylation sites (N-methyl/N-ethyl adjacent to an activating group) is 1. The molecule has 0 bridgehead atoms. The molecule has 12 nitrogen and oxygen atoms in total. The number of hydrogen-bond donors (Lipinski definition) is 5. The van der Waals surface area contributed by atoms with Crippen LogP contribution in [0.3, 0.4) is 0 Å². The summed E-state index contributed by atoms with van der Waals surface area (Å²) >= 11 is 0. The van der Waals surface area contributed by atoms with Crippen LogP contribution in [0.2, 0.25) is 0 Å². The Morgan fingerprint density at radius 1 is 1.10 bits per heavy atom. The van der Waals surface area contributed by atoms with E-state index in [4.69, 9.17) is 14.2 Å². The van der Waals surface area contributed by atoms with E-state index in [2.05, 4.69) is 0 Å². The van der Waals surface area contributed by atoms with E-state index in [1.807, 2.05) is 21.1 Å². The number of hydrogen-bond acceptors (Lipinski definition) is 11. The predicted octanol–water partition coefficient (Wildman–Crippen LogP) is 0.749. The smallest absolute Gasteiger partial charge is 0.202 e. The van der Waals surface area contributed by atoms with Crippen LogP contribution < -0.4 is 4.74 Å². The van der Waals surface area contributed by atoms with E-state index in [0.29, 0.717) is 4.48 Å². The van der Waals surface area contributed by atoms with Gasteiger partial charge in [0.2, 0.25) is 5.78 Å². The van der Waals surface area contributed by atoms with E-state index in [-0.39, 0.29) is 40.5 Å². The van der Waals surface area contributed by atoms with Gasteiger partial charge in [-0.25, -0.2) is 0 Å². The first-order valence-electron chi connectivity index (χ1n) is 13.7. The van der Waals surface area contributed by atoms with Crippen molar-refractivity contribution < 1.29 is 58.6 Å². The topological polar surface area (TPSA) is 180 Å². The number of rotatable bonds is 6. The fraction of sp³-hybridized carbons (Fsp3) is 0.500. The summed E-state index contributed by atoms with van der Waals surface area (Å²) in [6.45, 7) is 0.672. The summed E-state index contributed by atoms with van der Waals surface area (Å²) in [5.41, 5.74) is -3.49. The first-order chi connectivity index (χ1) is 19.6. The minimum Gasteiger partial charge on any atom is -0.507 e. The second-order valence-corrected chi connectivity index (χ2v) is 12.2. The number of fused-ring (bicyclic) bond motifs is 3. The number of carbonyl (C=O) groups is 3. The summed E-state index contributed by atoms with van der Waals surface area (Å²) in [7, 11) is 7.05. The molecular formula is C30H36NO11+. The van der Waals surface area contributed by atoms with E-state index in [1.165, 1.54) is 25.3 Å². The standard InChI is InChI=1S/C30H35NO11/c1-13-25(34)16(31(2,3)4)9-20(41-13)42-18-11-30(39,19(33)12-32)10-15-22(18)29(38)24-23(27(15)36)26(35)14-7-6-8-17(40-5)21(14)28(24)37/h6-8,13,16,18,20,25,32,34,39H,9-12H2,1-5H3,(H-,35,36,37,38)/p+1. The van der Waals surface area contributed by atoms with Crippen LogP contribution in [-0.4, -0.2) is 112 Å². The minimum atomic E-state index is -2.23. The number of aliphatic hydroxyl groups is 3. The largest absolute Gasteiger partial charge is 0.507 e. The van der Waals surface area contributed by atoms with Gasteiger partial charge in [0.15, 0.2) is 17.9 Å². The molecule has 0 amide bonds. The summed E-state index contributed by atoms with van der Waals surface area (Å²) in [5.74, 6) is -3.66. The van der Waals surface area contributed by atoms with Gasteiger partial charge < -0.3 is 44.2 Å². The van der Waals surface area contributed by atoms with Gasteiger partial charge in [-0.2, -0.15) is 0 Å². The molecule has 2 aliphatic carbocycles. The zero-order valence-electron chi connectivity index (χ0n) is 24.1. The average molecular weight is 587 g/mol. The highest BCUT2D eigenvalue weighted by Crippen LogP contribution is 2.52. The second-order valence-electron chi connectivity index (χ2n) is 12.2. The maximum atomic E-state index is 13.8. The number of aromatic hydroxyl groups is 2. The van der Waals surface area contributed by atoms with E-state index < -0.39 is 89.6 Å². The number of methoxy groups -OCH3 is 1. The van der Waals surface area contributed by atoms with Gasteiger partial charge in [0.1, 0.15) is 41.6 Å². The number of aliphatic hydroxyl groups excluding tert-OH is 2. The molecule has 226 valence electrons. The number of phenols is 2. The van der Waals surface area contributed by atoms with E-state index in [1.54, 1.807) is 6.92 Å². The molecule has 2 aromatic rings. The van der Waals surface area contributed by atoms with E-state index >= 15 is 0 Å². The van der Waals surface area contributed by atoms with Crippen LogP contribution >= 0.6 is 0 Å². The van der Waals surface area contributed by atoms with Crippen molar-refractivity contribution in [2.75, 3.05) is 34.9 Å². The first-order valence-corrected chi connectivity index (χ1v) is 13.7. The molecule has 0 aromatic heterocycles. The highest BCUT2D eigenvalue weighted by molar-refractivity contribution is 6.31. The van der Waals surface area contributed by atoms with Crippen molar-refractivity contribution in [1.29, 1.82) is 0 Å². The Morgan fingerprint density at radius 2 is 1.76 bits per heavy atom. The number of quaternary nitrogens is 1. The SMILES string of the molecule is COc1cccc2c1C(=O)c1c(O)c3c(c(O)c1C2=O)CC(O)(C(=O)CO)CC3OC1CC([N+](C)(C)C)C(O)C(C)O1. The molecule has 1 fully saturated rings. The molecule has 3 aliphatic rings. The lowest BCUT2D eigenvalue weighted by atomic mass is 9.72. The van der Waals surface area contributed by atoms with Gasteiger partial charge in [-0.3, -0.25) is 14.4 Å². The van der Waals surface area contributed by atoms with Crippen molar-refractivity contribution in [2.45, 2.75) is 62.4 Å². The van der Waals surface area contributed by atoms with Crippen LogP contribution in [-0.2, 0) is 20.7 Å². The average Bonchev–Trinajstić information content (AvgIpc) is 2.93.